The lowest BCUT2D eigenvalue weighted by molar-refractivity contribution is -0.126. The van der Waals surface area contributed by atoms with E-state index in [9.17, 15) is 9.59 Å². The Labute approximate surface area is 235 Å². The summed E-state index contributed by atoms with van der Waals surface area (Å²) in [6.07, 6.45) is 10.8. The summed E-state index contributed by atoms with van der Waals surface area (Å²) in [5.41, 5.74) is 0. The summed E-state index contributed by atoms with van der Waals surface area (Å²) >= 11 is 0. The minimum atomic E-state index is 0.383. The molecular formula is C34H60O4. The van der Waals surface area contributed by atoms with Crippen molar-refractivity contribution < 1.29 is 19.1 Å². The average molecular weight is 533 g/mol. The van der Waals surface area contributed by atoms with Crippen LogP contribution in [-0.4, -0.2) is 24.8 Å². The maximum Gasteiger partial charge on any atom is 0.136 e. The highest BCUT2D eigenvalue weighted by molar-refractivity contribution is 5.83. The molecule has 2 aliphatic carbocycles. The third kappa shape index (κ3) is 13.0. The van der Waals surface area contributed by atoms with Crippen molar-refractivity contribution in [1.82, 2.24) is 0 Å². The zero-order valence-electron chi connectivity index (χ0n) is 26.2. The molecule has 0 amide bonds. The van der Waals surface area contributed by atoms with Crippen molar-refractivity contribution in [3.63, 3.8) is 0 Å². The van der Waals surface area contributed by atoms with E-state index in [0.717, 1.165) is 99.8 Å². The summed E-state index contributed by atoms with van der Waals surface area (Å²) in [7, 11) is 0. The predicted octanol–water partition coefficient (Wildman–Crippen LogP) is 9.19. The fourth-order valence-corrected chi connectivity index (χ4v) is 5.70. The van der Waals surface area contributed by atoms with Gasteiger partial charge in [0.1, 0.15) is 11.6 Å². The number of allylic oxidation sites excluding steroid dienone is 2. The van der Waals surface area contributed by atoms with Gasteiger partial charge in [-0.05, 0) is 61.7 Å². The Hall–Kier alpha value is -1.58. The molecule has 2 aliphatic heterocycles. The Bertz CT molecular complexity index is 733. The van der Waals surface area contributed by atoms with Crippen LogP contribution in [0.2, 0.25) is 0 Å². The number of ketones is 2. The number of Topliss-reactive ketones (excluding diaryl/α,β-unsaturated/α-hetero) is 2. The van der Waals surface area contributed by atoms with Crippen molar-refractivity contribution in [3.8, 4) is 0 Å². The Morgan fingerprint density at radius 2 is 1.08 bits per heavy atom. The van der Waals surface area contributed by atoms with E-state index in [0.29, 0.717) is 35.2 Å². The van der Waals surface area contributed by atoms with Crippen LogP contribution in [0, 0.1) is 47.3 Å². The first kappa shape index (κ1) is 34.4. The highest BCUT2D eigenvalue weighted by Crippen LogP contribution is 2.29. The number of carbonyl (C=O) groups is 2. The van der Waals surface area contributed by atoms with Crippen LogP contribution in [0.25, 0.3) is 0 Å². The second-order valence-corrected chi connectivity index (χ2v) is 13.2. The molecule has 0 N–H and O–H groups in total. The molecule has 0 bridgehead atoms. The average Bonchev–Trinajstić information content (AvgIpc) is 3.49. The minimum Gasteiger partial charge on any atom is -0.499 e. The summed E-state index contributed by atoms with van der Waals surface area (Å²) in [5.74, 6) is 7.89. The van der Waals surface area contributed by atoms with Gasteiger partial charge in [-0.2, -0.15) is 0 Å². The standard InChI is InChI=1S/2C9H16O.2C8H14O/c1-7(2)9-4-5-10-8(3)6-9;1-7(2)8-5-3-4-6-9(8)10;1-6(2)8-4-7(3)9-5-8;1-6(2)7-4-3-5-8(7)9/h7,9H,3-6H2,1-2H3;7-8H,3-6H2,1-2H3;6,8H,3-5H2,1-2H3;6-7H,3-5H2,1-2H3. The summed E-state index contributed by atoms with van der Waals surface area (Å²) in [6, 6.07) is 0. The molecule has 0 aromatic heterocycles. The van der Waals surface area contributed by atoms with Gasteiger partial charge < -0.3 is 9.47 Å². The van der Waals surface area contributed by atoms with Crippen molar-refractivity contribution in [3.05, 3.63) is 24.7 Å². The van der Waals surface area contributed by atoms with Gasteiger partial charge in [0.15, 0.2) is 0 Å². The molecule has 2 saturated carbocycles. The second kappa shape index (κ2) is 17.9. The molecule has 4 atom stereocenters. The maximum absolute atomic E-state index is 11.2. The van der Waals surface area contributed by atoms with E-state index < -0.39 is 0 Å². The normalized spacial score (nSPS) is 27.3. The Balaban J connectivity index is 0.000000254. The maximum atomic E-state index is 11.2. The van der Waals surface area contributed by atoms with E-state index >= 15 is 0 Å². The molecule has 0 radical (unpaired) electrons. The number of rotatable bonds is 4. The zero-order valence-corrected chi connectivity index (χ0v) is 26.2. The largest absolute Gasteiger partial charge is 0.499 e. The first-order chi connectivity index (χ1) is 17.8. The zero-order chi connectivity index (χ0) is 28.8. The Morgan fingerprint density at radius 3 is 1.37 bits per heavy atom. The highest BCUT2D eigenvalue weighted by atomic mass is 16.5. The predicted molar refractivity (Wildman–Crippen MR) is 160 cm³/mol. The summed E-state index contributed by atoms with van der Waals surface area (Å²) in [5, 5.41) is 0. The van der Waals surface area contributed by atoms with Gasteiger partial charge in [-0.1, -0.05) is 75.0 Å². The van der Waals surface area contributed by atoms with Crippen LogP contribution < -0.4 is 0 Å². The fraction of sp³-hybridized carbons (Fsp3) is 0.824. The molecule has 4 unspecified atom stereocenters. The first-order valence-corrected chi connectivity index (χ1v) is 15.5. The van der Waals surface area contributed by atoms with Gasteiger partial charge in [-0.3, -0.25) is 9.59 Å². The van der Waals surface area contributed by atoms with E-state index in [1.54, 1.807) is 0 Å². The van der Waals surface area contributed by atoms with Crippen molar-refractivity contribution in [2.24, 2.45) is 47.3 Å². The SMILES string of the molecule is C=C1CC(C(C)C)CCO1.C=C1CC(C(C)C)CO1.CC(C)C1CCCC1=O.CC(C)C1CCCCC1=O. The van der Waals surface area contributed by atoms with Crippen molar-refractivity contribution in [2.45, 2.75) is 120 Å². The third-order valence-corrected chi connectivity index (χ3v) is 8.72. The number of ether oxygens (including phenoxy) is 2. The van der Waals surface area contributed by atoms with Gasteiger partial charge in [-0.15, -0.1) is 0 Å². The Kier molecular flexibility index (Phi) is 16.2. The monoisotopic (exact) mass is 532 g/mol. The number of hydrogen-bond acceptors (Lipinski definition) is 4. The molecule has 2 saturated heterocycles. The lowest BCUT2D eigenvalue weighted by Gasteiger charge is -2.26. The van der Waals surface area contributed by atoms with Crippen LogP contribution in [0.15, 0.2) is 24.7 Å². The summed E-state index contributed by atoms with van der Waals surface area (Å²) < 4.78 is 10.5. The Morgan fingerprint density at radius 1 is 0.605 bits per heavy atom. The van der Waals surface area contributed by atoms with Gasteiger partial charge in [0, 0.05) is 43.4 Å². The van der Waals surface area contributed by atoms with Crippen LogP contribution in [0.1, 0.15) is 120 Å². The topological polar surface area (TPSA) is 52.6 Å². The van der Waals surface area contributed by atoms with E-state index in [1.807, 2.05) is 0 Å². The summed E-state index contributed by atoms with van der Waals surface area (Å²) in [6.45, 7) is 26.9. The lowest BCUT2D eigenvalue weighted by Crippen LogP contribution is -2.23. The van der Waals surface area contributed by atoms with Crippen molar-refractivity contribution in [1.29, 1.82) is 0 Å². The van der Waals surface area contributed by atoms with E-state index in [4.69, 9.17) is 9.47 Å². The molecule has 0 aromatic carbocycles. The van der Waals surface area contributed by atoms with Crippen LogP contribution in [0.3, 0.4) is 0 Å². The van der Waals surface area contributed by atoms with Gasteiger partial charge in [0.25, 0.3) is 0 Å². The van der Waals surface area contributed by atoms with Crippen LogP contribution >= 0.6 is 0 Å². The van der Waals surface area contributed by atoms with E-state index in [-0.39, 0.29) is 0 Å². The van der Waals surface area contributed by atoms with Crippen LogP contribution in [0.5, 0.6) is 0 Å². The number of hydrogen-bond donors (Lipinski definition) is 0. The molecule has 4 rings (SSSR count). The molecule has 220 valence electrons. The van der Waals surface area contributed by atoms with Gasteiger partial charge >= 0.3 is 0 Å². The molecule has 0 spiro atoms. The van der Waals surface area contributed by atoms with E-state index in [1.165, 1.54) is 12.8 Å². The highest BCUT2D eigenvalue weighted by Gasteiger charge is 2.27. The molecule has 38 heavy (non-hydrogen) atoms. The fourth-order valence-electron chi connectivity index (χ4n) is 5.70. The van der Waals surface area contributed by atoms with Crippen molar-refractivity contribution >= 4 is 11.6 Å². The molecule has 4 fully saturated rings. The van der Waals surface area contributed by atoms with Crippen LogP contribution in [0.4, 0.5) is 0 Å². The third-order valence-electron chi connectivity index (χ3n) is 8.72. The summed E-state index contributed by atoms with van der Waals surface area (Å²) in [4.78, 5) is 22.3. The quantitative estimate of drug-likeness (QED) is 0.362. The molecule has 2 heterocycles. The number of carbonyl (C=O) groups excluding carboxylic acids is 2. The van der Waals surface area contributed by atoms with Gasteiger partial charge in [-0.25, -0.2) is 0 Å². The lowest BCUT2D eigenvalue weighted by atomic mass is 9.81. The minimum absolute atomic E-state index is 0.383. The van der Waals surface area contributed by atoms with E-state index in [2.05, 4.69) is 68.5 Å². The molecular weight excluding hydrogens is 472 g/mol. The van der Waals surface area contributed by atoms with Gasteiger partial charge in [0.2, 0.25) is 0 Å². The second-order valence-electron chi connectivity index (χ2n) is 13.2. The van der Waals surface area contributed by atoms with Crippen molar-refractivity contribution in [2.75, 3.05) is 13.2 Å². The smallest absolute Gasteiger partial charge is 0.136 e. The van der Waals surface area contributed by atoms with Gasteiger partial charge in [0.05, 0.1) is 24.7 Å². The molecule has 4 nitrogen and oxygen atoms in total. The first-order valence-electron chi connectivity index (χ1n) is 15.5. The van der Waals surface area contributed by atoms with Crippen LogP contribution in [-0.2, 0) is 19.1 Å². The molecule has 4 heteroatoms. The molecule has 0 aromatic rings. The molecule has 4 aliphatic rings.